The predicted octanol–water partition coefficient (Wildman–Crippen LogP) is 15.1. The monoisotopic (exact) mass is 778 g/mol. The quantitative estimate of drug-likeness (QED) is 0.166. The summed E-state index contributed by atoms with van der Waals surface area (Å²) in [5, 5.41) is 3.61. The van der Waals surface area contributed by atoms with Crippen LogP contribution in [0.5, 0.6) is 0 Å². The van der Waals surface area contributed by atoms with Crippen LogP contribution in [0.4, 0.5) is 17.1 Å². The van der Waals surface area contributed by atoms with Crippen LogP contribution in [0.3, 0.4) is 0 Å². The van der Waals surface area contributed by atoms with Crippen molar-refractivity contribution in [2.24, 2.45) is 5.92 Å². The maximum absolute atomic E-state index is 3.61. The number of anilines is 3. The van der Waals surface area contributed by atoms with Gasteiger partial charge in [-0.1, -0.05) is 197 Å². The molecule has 0 bridgehead atoms. The molecule has 4 aliphatic carbocycles. The highest BCUT2D eigenvalue weighted by Gasteiger charge is 2.41. The molecule has 0 aromatic heterocycles. The van der Waals surface area contributed by atoms with Gasteiger partial charge in [-0.15, -0.1) is 0 Å². The van der Waals surface area contributed by atoms with Gasteiger partial charge in [0.15, 0.2) is 0 Å². The molecule has 0 aliphatic heterocycles. The van der Waals surface area contributed by atoms with Crippen molar-refractivity contribution in [1.82, 2.24) is 0 Å². The van der Waals surface area contributed by atoms with Gasteiger partial charge in [0.1, 0.15) is 0 Å². The van der Waals surface area contributed by atoms with Crippen LogP contribution >= 0.6 is 0 Å². The number of hydrogen-bond acceptors (Lipinski definition) is 2. The summed E-state index contributed by atoms with van der Waals surface area (Å²) >= 11 is 0. The van der Waals surface area contributed by atoms with Crippen LogP contribution in [0.1, 0.15) is 62.3 Å². The van der Waals surface area contributed by atoms with E-state index in [0.29, 0.717) is 5.92 Å². The van der Waals surface area contributed by atoms with E-state index in [1.54, 1.807) is 0 Å². The minimum Gasteiger partial charge on any atom is -0.358 e. The van der Waals surface area contributed by atoms with E-state index in [0.717, 1.165) is 30.6 Å². The third-order valence-electron chi connectivity index (χ3n) is 12.5. The van der Waals surface area contributed by atoms with E-state index >= 15 is 0 Å². The number of para-hydroxylation sites is 2. The van der Waals surface area contributed by atoms with E-state index in [9.17, 15) is 0 Å². The lowest BCUT2D eigenvalue weighted by Gasteiger charge is -2.40. The second-order valence-corrected chi connectivity index (χ2v) is 17.0. The Morgan fingerprint density at radius 3 is 1.63 bits per heavy atom. The molecule has 0 saturated carbocycles. The molecule has 1 N–H and O–H groups in total. The Bertz CT molecular complexity index is 2570. The Kier molecular flexibility index (Phi) is 11.2. The maximum atomic E-state index is 3.61. The second kappa shape index (κ2) is 17.3. The van der Waals surface area contributed by atoms with Crippen molar-refractivity contribution < 1.29 is 0 Å². The zero-order valence-electron chi connectivity index (χ0n) is 35.0. The first-order chi connectivity index (χ1) is 29.4. The van der Waals surface area contributed by atoms with Crippen molar-refractivity contribution in [1.29, 1.82) is 0 Å². The molecule has 3 unspecified atom stereocenters. The molecule has 2 heteroatoms. The molecular weight excluding hydrogens is 725 g/mol. The number of fused-ring (bicyclic) bond motifs is 3. The fourth-order valence-electron chi connectivity index (χ4n) is 9.22. The van der Waals surface area contributed by atoms with Crippen LogP contribution in [-0.2, 0) is 5.41 Å². The first-order valence-corrected chi connectivity index (χ1v) is 21.6. The van der Waals surface area contributed by atoms with Crippen molar-refractivity contribution in [2.75, 3.05) is 10.2 Å². The Morgan fingerprint density at radius 2 is 1.07 bits per heavy atom. The molecule has 296 valence electrons. The highest BCUT2D eigenvalue weighted by molar-refractivity contribution is 5.92. The summed E-state index contributed by atoms with van der Waals surface area (Å²) in [5.74, 6) is 0.633. The molecule has 3 atom stereocenters. The van der Waals surface area contributed by atoms with Gasteiger partial charge >= 0.3 is 0 Å². The van der Waals surface area contributed by atoms with Gasteiger partial charge in [-0.3, -0.25) is 0 Å². The minimum atomic E-state index is -0.0834. The van der Waals surface area contributed by atoms with Crippen molar-refractivity contribution in [3.8, 4) is 11.1 Å². The highest BCUT2D eigenvalue weighted by Crippen LogP contribution is 2.52. The fraction of sp³-hybridized carbons (Fsp3) is 0.172. The number of benzene rings is 6. The summed E-state index contributed by atoms with van der Waals surface area (Å²) in [6.45, 7) is 7.06. The van der Waals surface area contributed by atoms with E-state index in [4.69, 9.17) is 0 Å². The summed E-state index contributed by atoms with van der Waals surface area (Å²) < 4.78 is 0. The van der Waals surface area contributed by atoms with Crippen molar-refractivity contribution in [3.05, 3.63) is 240 Å². The summed E-state index contributed by atoms with van der Waals surface area (Å²) in [7, 11) is 0. The summed E-state index contributed by atoms with van der Waals surface area (Å²) in [4.78, 5) is 2.65. The smallest absolute Gasteiger partial charge is 0.0520 e. The predicted molar refractivity (Wildman–Crippen MR) is 257 cm³/mol. The van der Waals surface area contributed by atoms with Gasteiger partial charge in [-0.25, -0.2) is 0 Å². The third kappa shape index (κ3) is 8.29. The van der Waals surface area contributed by atoms with Crippen LogP contribution in [0.2, 0.25) is 0 Å². The van der Waals surface area contributed by atoms with E-state index in [1.165, 1.54) is 61.4 Å². The number of nitrogens with zero attached hydrogens (tertiary/aromatic N) is 1. The van der Waals surface area contributed by atoms with Crippen LogP contribution < -0.4 is 10.2 Å². The fourth-order valence-corrected chi connectivity index (χ4v) is 9.22. The summed E-state index contributed by atoms with van der Waals surface area (Å²) in [5.41, 5.74) is 16.8. The number of rotatable bonds is 8. The van der Waals surface area contributed by atoms with Crippen LogP contribution in [0.25, 0.3) is 27.8 Å². The Hall–Kier alpha value is -6.64. The number of hydrogen-bond donors (Lipinski definition) is 1. The minimum absolute atomic E-state index is 0.0834. The Labute approximate surface area is 357 Å². The standard InChI is InChI=1S/C46H44N2.C12H10/c1-32-14-16-33(17-15-32)34-18-20-35(21-19-34)36-22-25-40(26-23-36)48(39-12-8-5-9-13-39)41-27-29-43-42-28-24-38(47-37-10-6-4-7-11-37)30-44(42)46(2,3)45(43)31-41;1-3-7-11(8-4-1)12-9-5-2-6-10-12/h4-14,16-25,28-32,40-41,47H,15,26-27H2,1-3H3;1-10H. The van der Waals surface area contributed by atoms with Gasteiger partial charge in [0.25, 0.3) is 0 Å². The Morgan fingerprint density at radius 1 is 0.517 bits per heavy atom. The summed E-state index contributed by atoms with van der Waals surface area (Å²) in [6, 6.07) is 58.8. The maximum Gasteiger partial charge on any atom is 0.0520 e. The lowest BCUT2D eigenvalue weighted by molar-refractivity contribution is 0.597. The van der Waals surface area contributed by atoms with Gasteiger partial charge in [0, 0.05) is 22.5 Å². The zero-order valence-corrected chi connectivity index (χ0v) is 35.0. The highest BCUT2D eigenvalue weighted by atomic mass is 15.2. The van der Waals surface area contributed by atoms with E-state index in [2.05, 4.69) is 231 Å². The van der Waals surface area contributed by atoms with Crippen molar-refractivity contribution in [2.45, 2.75) is 57.5 Å². The summed E-state index contributed by atoms with van der Waals surface area (Å²) in [6.07, 6.45) is 22.3. The molecule has 60 heavy (non-hydrogen) atoms. The van der Waals surface area contributed by atoms with Gasteiger partial charge in [-0.05, 0) is 117 Å². The van der Waals surface area contributed by atoms with Crippen LogP contribution in [-0.4, -0.2) is 12.1 Å². The van der Waals surface area contributed by atoms with Crippen LogP contribution in [0, 0.1) is 5.92 Å². The molecule has 0 saturated heterocycles. The molecule has 4 aliphatic rings. The average Bonchev–Trinajstić information content (AvgIpc) is 3.53. The molecule has 0 amide bonds. The first-order valence-electron chi connectivity index (χ1n) is 21.6. The molecule has 0 fully saturated rings. The number of allylic oxidation sites excluding steroid dienone is 8. The van der Waals surface area contributed by atoms with E-state index in [-0.39, 0.29) is 17.5 Å². The molecule has 10 rings (SSSR count). The van der Waals surface area contributed by atoms with Crippen molar-refractivity contribution >= 4 is 33.8 Å². The van der Waals surface area contributed by atoms with Crippen LogP contribution in [0.15, 0.2) is 218 Å². The largest absolute Gasteiger partial charge is 0.358 e. The van der Waals surface area contributed by atoms with Gasteiger partial charge < -0.3 is 10.2 Å². The van der Waals surface area contributed by atoms with E-state index < -0.39 is 0 Å². The lowest BCUT2D eigenvalue weighted by atomic mass is 9.79. The molecule has 0 heterocycles. The zero-order chi connectivity index (χ0) is 40.9. The van der Waals surface area contributed by atoms with Gasteiger partial charge in [0.2, 0.25) is 0 Å². The normalized spacial score (nSPS) is 19.6. The molecule has 6 aromatic carbocycles. The average molecular weight is 779 g/mol. The van der Waals surface area contributed by atoms with Crippen molar-refractivity contribution in [3.63, 3.8) is 0 Å². The Balaban J connectivity index is 0.000000330. The van der Waals surface area contributed by atoms with Gasteiger partial charge in [-0.2, -0.15) is 0 Å². The molecule has 6 aromatic rings. The topological polar surface area (TPSA) is 15.3 Å². The molecule has 0 radical (unpaired) electrons. The van der Waals surface area contributed by atoms with E-state index in [1.807, 2.05) is 12.1 Å². The molecule has 0 spiro atoms. The lowest BCUT2D eigenvalue weighted by Crippen LogP contribution is -2.43. The molecule has 2 nitrogen and oxygen atoms in total. The number of nitrogens with one attached hydrogen (secondary N) is 1. The first kappa shape index (κ1) is 38.9. The third-order valence-corrected chi connectivity index (χ3v) is 12.5. The SMILES string of the molecule is CC1C=CC(c2ccc(C3=CCC(N(c4ccccc4)C4C=C5C(=CC4)c4ccc(Nc6ccccc6)cc4C5(C)C)C=C3)cc2)=CC1.c1ccc(-c2ccccc2)cc1. The second-order valence-electron chi connectivity index (χ2n) is 17.0. The molecular formula is C58H54N2. The van der Waals surface area contributed by atoms with Gasteiger partial charge in [0.05, 0.1) is 12.1 Å².